The second-order valence-corrected chi connectivity index (χ2v) is 6.17. The summed E-state index contributed by atoms with van der Waals surface area (Å²) < 4.78 is 39.8. The van der Waals surface area contributed by atoms with E-state index in [1.807, 2.05) is 13.8 Å². The van der Waals surface area contributed by atoms with Gasteiger partial charge in [0.05, 0.1) is 5.92 Å². The molecule has 116 valence electrons. The van der Waals surface area contributed by atoms with E-state index in [0.29, 0.717) is 6.54 Å². The van der Waals surface area contributed by atoms with E-state index in [9.17, 15) is 18.0 Å². The van der Waals surface area contributed by atoms with Gasteiger partial charge in [-0.3, -0.25) is 4.79 Å². The van der Waals surface area contributed by atoms with Gasteiger partial charge in [0, 0.05) is 18.5 Å². The number of hydrogen-bond acceptors (Lipinski definition) is 1. The van der Waals surface area contributed by atoms with Crippen molar-refractivity contribution in [3.63, 3.8) is 0 Å². The van der Waals surface area contributed by atoms with E-state index < -0.39 is 24.4 Å². The minimum Gasteiger partial charge on any atom is -0.338 e. The number of likely N-dealkylation sites (tertiary alicyclic amines) is 1. The lowest BCUT2D eigenvalue weighted by Crippen LogP contribution is -2.44. The fourth-order valence-corrected chi connectivity index (χ4v) is 2.96. The smallest absolute Gasteiger partial charge is 0.338 e. The average Bonchev–Trinajstić information content (AvgIpc) is 2.75. The lowest BCUT2D eigenvalue weighted by atomic mass is 9.93. The van der Waals surface area contributed by atoms with Gasteiger partial charge in [0.2, 0.25) is 5.91 Å². The first kappa shape index (κ1) is 15.9. The molecule has 2 rings (SSSR count). The van der Waals surface area contributed by atoms with Gasteiger partial charge in [-0.2, -0.15) is 13.2 Å². The van der Waals surface area contributed by atoms with Crippen molar-refractivity contribution in [3.05, 3.63) is 35.9 Å². The van der Waals surface area contributed by atoms with Crippen LogP contribution in [0.3, 0.4) is 0 Å². The highest BCUT2D eigenvalue weighted by Crippen LogP contribution is 2.39. The number of nitrogens with zero attached hydrogens (tertiary/aromatic N) is 1. The number of hydrogen-bond donors (Lipinski definition) is 0. The highest BCUT2D eigenvalue weighted by Gasteiger charge is 2.44. The molecule has 0 radical (unpaired) electrons. The van der Waals surface area contributed by atoms with E-state index in [1.165, 1.54) is 12.1 Å². The summed E-state index contributed by atoms with van der Waals surface area (Å²) in [7, 11) is 0. The minimum atomic E-state index is -4.42. The normalized spacial score (nSPS) is 19.6. The van der Waals surface area contributed by atoms with Crippen molar-refractivity contribution < 1.29 is 18.0 Å². The second-order valence-electron chi connectivity index (χ2n) is 6.17. The molecular formula is C16H20F3NO. The molecule has 0 aliphatic carbocycles. The van der Waals surface area contributed by atoms with Crippen molar-refractivity contribution in [1.82, 2.24) is 4.90 Å². The van der Waals surface area contributed by atoms with Gasteiger partial charge in [-0.25, -0.2) is 0 Å². The van der Waals surface area contributed by atoms with Crippen LogP contribution in [0.2, 0.25) is 0 Å². The summed E-state index contributed by atoms with van der Waals surface area (Å²) in [5.41, 5.74) is -0.195. The van der Waals surface area contributed by atoms with Crippen molar-refractivity contribution >= 4 is 5.91 Å². The quantitative estimate of drug-likeness (QED) is 0.822. The lowest BCUT2D eigenvalue weighted by molar-refractivity contribution is -0.161. The summed E-state index contributed by atoms with van der Waals surface area (Å²) >= 11 is 0. The summed E-state index contributed by atoms with van der Waals surface area (Å²) in [6.07, 6.45) is -3.25. The van der Waals surface area contributed by atoms with Crippen LogP contribution in [0.5, 0.6) is 0 Å². The van der Waals surface area contributed by atoms with E-state index in [1.54, 1.807) is 23.1 Å². The van der Waals surface area contributed by atoms with Crippen LogP contribution >= 0.6 is 0 Å². The molecule has 1 aromatic rings. The monoisotopic (exact) mass is 299 g/mol. The first-order chi connectivity index (χ1) is 9.72. The third kappa shape index (κ3) is 3.57. The first-order valence-electron chi connectivity index (χ1n) is 7.14. The van der Waals surface area contributed by atoms with Crippen molar-refractivity contribution in [3.8, 4) is 0 Å². The molecule has 0 aromatic heterocycles. The maximum atomic E-state index is 13.3. The summed E-state index contributed by atoms with van der Waals surface area (Å²) in [5.74, 6) is -2.15. The predicted molar refractivity (Wildman–Crippen MR) is 74.9 cm³/mol. The molecule has 1 aliphatic rings. The SMILES string of the molecule is CC1(C)CCCN1C(=O)C[C@H](c1ccccc1)C(F)(F)F. The molecule has 1 heterocycles. The van der Waals surface area contributed by atoms with Gasteiger partial charge in [0.15, 0.2) is 0 Å². The summed E-state index contributed by atoms with van der Waals surface area (Å²) in [6, 6.07) is 7.67. The zero-order valence-electron chi connectivity index (χ0n) is 12.3. The highest BCUT2D eigenvalue weighted by molar-refractivity contribution is 5.78. The molecule has 1 saturated heterocycles. The van der Waals surface area contributed by atoms with Gasteiger partial charge in [-0.15, -0.1) is 0 Å². The Morgan fingerprint density at radius 1 is 1.29 bits per heavy atom. The fourth-order valence-electron chi connectivity index (χ4n) is 2.96. The van der Waals surface area contributed by atoms with Gasteiger partial charge >= 0.3 is 6.18 Å². The summed E-state index contributed by atoms with van der Waals surface area (Å²) in [4.78, 5) is 13.9. The molecule has 1 aliphatic heterocycles. The Balaban J connectivity index is 2.19. The van der Waals surface area contributed by atoms with Crippen molar-refractivity contribution in [2.24, 2.45) is 0 Å². The number of amides is 1. The Labute approximate surface area is 122 Å². The van der Waals surface area contributed by atoms with E-state index >= 15 is 0 Å². The standard InChI is InChI=1S/C16H20F3NO/c1-15(2)9-6-10-20(15)14(21)11-13(16(17,18)19)12-7-4-3-5-8-12/h3-5,7-8,13H,6,9-11H2,1-2H3/t13-/m1/s1. The van der Waals surface area contributed by atoms with Gasteiger partial charge in [0.1, 0.15) is 0 Å². The molecule has 0 bridgehead atoms. The number of halogens is 3. The molecule has 0 unspecified atom stereocenters. The van der Waals surface area contributed by atoms with Crippen LogP contribution in [0.15, 0.2) is 30.3 Å². The first-order valence-corrected chi connectivity index (χ1v) is 7.14. The molecule has 1 amide bonds. The van der Waals surface area contributed by atoms with Crippen LogP contribution in [-0.2, 0) is 4.79 Å². The van der Waals surface area contributed by atoms with Gasteiger partial charge in [-0.05, 0) is 32.3 Å². The Kier molecular flexibility index (Phi) is 4.30. The minimum absolute atomic E-state index is 0.148. The number of alkyl halides is 3. The molecule has 1 atom stereocenters. The molecule has 1 fully saturated rings. The van der Waals surface area contributed by atoms with E-state index in [4.69, 9.17) is 0 Å². The van der Waals surface area contributed by atoms with Gasteiger partial charge in [-0.1, -0.05) is 30.3 Å². The molecule has 0 spiro atoms. The molecular weight excluding hydrogens is 279 g/mol. The van der Waals surface area contributed by atoms with Crippen LogP contribution in [0, 0.1) is 0 Å². The second kappa shape index (κ2) is 5.70. The zero-order chi connectivity index (χ0) is 15.7. The molecule has 0 saturated carbocycles. The number of carbonyl (C=O) groups excluding carboxylic acids is 1. The Hall–Kier alpha value is -1.52. The summed E-state index contributed by atoms with van der Waals surface area (Å²) in [6.45, 7) is 4.36. The fraction of sp³-hybridized carbons (Fsp3) is 0.562. The average molecular weight is 299 g/mol. The Morgan fingerprint density at radius 3 is 2.38 bits per heavy atom. The largest absolute Gasteiger partial charge is 0.396 e. The van der Waals surface area contributed by atoms with Gasteiger partial charge < -0.3 is 4.90 Å². The van der Waals surface area contributed by atoms with E-state index in [0.717, 1.165) is 12.8 Å². The Bertz CT molecular complexity index is 496. The van der Waals surface area contributed by atoms with Crippen molar-refractivity contribution in [1.29, 1.82) is 0 Å². The number of carbonyl (C=O) groups is 1. The molecule has 1 aromatic carbocycles. The third-order valence-corrected chi connectivity index (χ3v) is 4.18. The van der Waals surface area contributed by atoms with Crippen LogP contribution in [0.25, 0.3) is 0 Å². The maximum absolute atomic E-state index is 13.3. The predicted octanol–water partition coefficient (Wildman–Crippen LogP) is 4.12. The third-order valence-electron chi connectivity index (χ3n) is 4.18. The van der Waals surface area contributed by atoms with Crippen molar-refractivity contribution in [2.75, 3.05) is 6.54 Å². The molecule has 2 nitrogen and oxygen atoms in total. The van der Waals surface area contributed by atoms with Gasteiger partial charge in [0.25, 0.3) is 0 Å². The Morgan fingerprint density at radius 2 is 1.90 bits per heavy atom. The van der Waals surface area contributed by atoms with Crippen LogP contribution in [-0.4, -0.2) is 29.1 Å². The number of rotatable bonds is 3. The molecule has 5 heteroatoms. The van der Waals surface area contributed by atoms with Crippen LogP contribution in [0.1, 0.15) is 44.6 Å². The van der Waals surface area contributed by atoms with Crippen LogP contribution in [0.4, 0.5) is 13.2 Å². The van der Waals surface area contributed by atoms with E-state index in [-0.39, 0.29) is 11.1 Å². The van der Waals surface area contributed by atoms with E-state index in [2.05, 4.69) is 0 Å². The maximum Gasteiger partial charge on any atom is 0.396 e. The molecule has 21 heavy (non-hydrogen) atoms. The molecule has 0 N–H and O–H groups in total. The lowest BCUT2D eigenvalue weighted by Gasteiger charge is -2.33. The number of benzene rings is 1. The topological polar surface area (TPSA) is 20.3 Å². The van der Waals surface area contributed by atoms with Crippen molar-refractivity contribution in [2.45, 2.75) is 50.7 Å². The highest BCUT2D eigenvalue weighted by atomic mass is 19.4. The zero-order valence-corrected chi connectivity index (χ0v) is 12.3. The summed E-state index contributed by atoms with van der Waals surface area (Å²) in [5, 5.41) is 0. The van der Waals surface area contributed by atoms with Crippen LogP contribution < -0.4 is 0 Å².